The van der Waals surface area contributed by atoms with E-state index in [0.717, 1.165) is 30.8 Å². The van der Waals surface area contributed by atoms with E-state index in [1.807, 2.05) is 42.5 Å². The minimum atomic E-state index is -0.170. The topological polar surface area (TPSA) is 47.6 Å². The summed E-state index contributed by atoms with van der Waals surface area (Å²) in [5, 5.41) is 3.25. The second-order valence-electron chi connectivity index (χ2n) is 5.78. The zero-order valence-corrected chi connectivity index (χ0v) is 13.0. The van der Waals surface area contributed by atoms with Crippen molar-refractivity contribution >= 4 is 5.97 Å². The highest BCUT2D eigenvalue weighted by molar-refractivity contribution is 5.72. The van der Waals surface area contributed by atoms with Crippen molar-refractivity contribution in [1.29, 1.82) is 0 Å². The van der Waals surface area contributed by atoms with Crippen LogP contribution in [0.1, 0.15) is 18.4 Å². The molecule has 0 spiro atoms. The average Bonchev–Trinajstić information content (AvgIpc) is 3.08. The molecular weight excluding hydrogens is 290 g/mol. The Balaban J connectivity index is 1.47. The summed E-state index contributed by atoms with van der Waals surface area (Å²) in [6.07, 6.45) is 1.51. The largest absolute Gasteiger partial charge is 0.489 e. The van der Waals surface area contributed by atoms with Gasteiger partial charge in [0.1, 0.15) is 18.1 Å². The number of benzene rings is 2. The Hall–Kier alpha value is -2.33. The summed E-state index contributed by atoms with van der Waals surface area (Å²) >= 11 is 0. The third-order valence-corrected chi connectivity index (χ3v) is 3.92. The Morgan fingerprint density at radius 1 is 1.04 bits per heavy atom. The Morgan fingerprint density at radius 3 is 2.48 bits per heavy atom. The first kappa shape index (κ1) is 15.6. The lowest BCUT2D eigenvalue weighted by atomic mass is 10.1. The van der Waals surface area contributed by atoms with Gasteiger partial charge in [-0.2, -0.15) is 0 Å². The Labute approximate surface area is 136 Å². The van der Waals surface area contributed by atoms with E-state index >= 15 is 0 Å². The molecule has 1 atom stereocenters. The first-order chi connectivity index (χ1) is 11.3. The second kappa shape index (κ2) is 7.79. The SMILES string of the molecule is O=C(CC1CCNC1)Oc1ccc(OCc2ccccc2)cc1. The summed E-state index contributed by atoms with van der Waals surface area (Å²) in [4.78, 5) is 11.9. The molecule has 1 aliphatic rings. The number of esters is 1. The van der Waals surface area contributed by atoms with Crippen LogP contribution in [0.15, 0.2) is 54.6 Å². The summed E-state index contributed by atoms with van der Waals surface area (Å²) in [5.74, 6) is 1.55. The van der Waals surface area contributed by atoms with Crippen LogP contribution < -0.4 is 14.8 Å². The summed E-state index contributed by atoms with van der Waals surface area (Å²) in [6.45, 7) is 2.42. The molecule has 23 heavy (non-hydrogen) atoms. The van der Waals surface area contributed by atoms with E-state index in [1.165, 1.54) is 0 Å². The molecule has 2 aromatic carbocycles. The van der Waals surface area contributed by atoms with Gasteiger partial charge in [-0.25, -0.2) is 0 Å². The number of carbonyl (C=O) groups excluding carboxylic acids is 1. The van der Waals surface area contributed by atoms with Gasteiger partial charge in [-0.1, -0.05) is 30.3 Å². The monoisotopic (exact) mass is 311 g/mol. The zero-order chi connectivity index (χ0) is 15.9. The molecule has 0 amide bonds. The van der Waals surface area contributed by atoms with Crippen LogP contribution >= 0.6 is 0 Å². The molecule has 1 fully saturated rings. The number of nitrogens with one attached hydrogen (secondary N) is 1. The smallest absolute Gasteiger partial charge is 0.311 e. The average molecular weight is 311 g/mol. The fourth-order valence-corrected chi connectivity index (χ4v) is 2.64. The molecule has 0 saturated carbocycles. The van der Waals surface area contributed by atoms with Gasteiger partial charge >= 0.3 is 5.97 Å². The molecule has 1 heterocycles. The molecule has 1 saturated heterocycles. The van der Waals surface area contributed by atoms with Crippen LogP contribution in [0.25, 0.3) is 0 Å². The van der Waals surface area contributed by atoms with Crippen molar-refractivity contribution in [1.82, 2.24) is 5.32 Å². The summed E-state index contributed by atoms with van der Waals surface area (Å²) < 4.78 is 11.1. The summed E-state index contributed by atoms with van der Waals surface area (Å²) in [5.41, 5.74) is 1.12. The van der Waals surface area contributed by atoms with Gasteiger partial charge in [-0.15, -0.1) is 0 Å². The van der Waals surface area contributed by atoms with Gasteiger partial charge in [0.05, 0.1) is 6.42 Å². The number of carbonyl (C=O) groups is 1. The normalized spacial score (nSPS) is 17.0. The number of hydrogen-bond donors (Lipinski definition) is 1. The van der Waals surface area contributed by atoms with Crippen LogP contribution in [0.2, 0.25) is 0 Å². The maximum atomic E-state index is 11.9. The zero-order valence-electron chi connectivity index (χ0n) is 13.0. The first-order valence-electron chi connectivity index (χ1n) is 7.98. The van der Waals surface area contributed by atoms with Crippen molar-refractivity contribution in [3.63, 3.8) is 0 Å². The maximum absolute atomic E-state index is 11.9. The van der Waals surface area contributed by atoms with Crippen molar-refractivity contribution in [2.45, 2.75) is 19.4 Å². The van der Waals surface area contributed by atoms with Crippen molar-refractivity contribution < 1.29 is 14.3 Å². The van der Waals surface area contributed by atoms with Crippen LogP contribution in [0.5, 0.6) is 11.5 Å². The highest BCUT2D eigenvalue weighted by Crippen LogP contribution is 2.20. The first-order valence-corrected chi connectivity index (χ1v) is 7.98. The van der Waals surface area contributed by atoms with Crippen LogP contribution in [0.4, 0.5) is 0 Å². The fraction of sp³-hybridized carbons (Fsp3) is 0.316. The molecule has 1 N–H and O–H groups in total. The minimum absolute atomic E-state index is 0.170. The van der Waals surface area contributed by atoms with E-state index in [2.05, 4.69) is 5.32 Å². The predicted molar refractivity (Wildman–Crippen MR) is 88.4 cm³/mol. The summed E-state index contributed by atoms with van der Waals surface area (Å²) in [6, 6.07) is 17.2. The lowest BCUT2D eigenvalue weighted by molar-refractivity contribution is -0.135. The van der Waals surface area contributed by atoms with Gasteiger partial charge in [0.15, 0.2) is 0 Å². The molecule has 1 unspecified atom stereocenters. The van der Waals surface area contributed by atoms with Gasteiger partial charge < -0.3 is 14.8 Å². The minimum Gasteiger partial charge on any atom is -0.489 e. The van der Waals surface area contributed by atoms with Crippen molar-refractivity contribution in [3.05, 3.63) is 60.2 Å². The van der Waals surface area contributed by atoms with E-state index in [4.69, 9.17) is 9.47 Å². The van der Waals surface area contributed by atoms with Crippen LogP contribution in [0, 0.1) is 5.92 Å². The van der Waals surface area contributed by atoms with Crippen LogP contribution in [-0.2, 0) is 11.4 Å². The molecule has 0 bridgehead atoms. The Kier molecular flexibility index (Phi) is 5.27. The van der Waals surface area contributed by atoms with E-state index in [9.17, 15) is 4.79 Å². The van der Waals surface area contributed by atoms with E-state index in [-0.39, 0.29) is 5.97 Å². The summed E-state index contributed by atoms with van der Waals surface area (Å²) in [7, 11) is 0. The molecule has 120 valence electrons. The number of rotatable bonds is 6. The van der Waals surface area contributed by atoms with E-state index in [1.54, 1.807) is 12.1 Å². The molecule has 4 heteroatoms. The third-order valence-electron chi connectivity index (χ3n) is 3.92. The quantitative estimate of drug-likeness (QED) is 0.657. The van der Waals surface area contributed by atoms with Crippen LogP contribution in [0.3, 0.4) is 0 Å². The van der Waals surface area contributed by atoms with Gasteiger partial charge in [-0.3, -0.25) is 4.79 Å². The molecule has 1 aliphatic heterocycles. The standard InChI is InChI=1S/C19H21NO3/c21-19(12-16-10-11-20-13-16)23-18-8-6-17(7-9-18)22-14-15-4-2-1-3-5-15/h1-9,16,20H,10-14H2. The van der Waals surface area contributed by atoms with Gasteiger partial charge in [0, 0.05) is 0 Å². The number of hydrogen-bond acceptors (Lipinski definition) is 4. The van der Waals surface area contributed by atoms with Crippen LogP contribution in [-0.4, -0.2) is 19.1 Å². The fourth-order valence-electron chi connectivity index (χ4n) is 2.64. The lowest BCUT2D eigenvalue weighted by Crippen LogP contribution is -2.16. The highest BCUT2D eigenvalue weighted by Gasteiger charge is 2.19. The van der Waals surface area contributed by atoms with Gasteiger partial charge in [0.2, 0.25) is 0 Å². The van der Waals surface area contributed by atoms with E-state index < -0.39 is 0 Å². The maximum Gasteiger partial charge on any atom is 0.311 e. The van der Waals surface area contributed by atoms with Crippen molar-refractivity contribution in [3.8, 4) is 11.5 Å². The Morgan fingerprint density at radius 2 is 1.78 bits per heavy atom. The van der Waals surface area contributed by atoms with Crippen molar-refractivity contribution in [2.24, 2.45) is 5.92 Å². The molecule has 0 radical (unpaired) electrons. The second-order valence-corrected chi connectivity index (χ2v) is 5.78. The number of ether oxygens (including phenoxy) is 2. The van der Waals surface area contributed by atoms with Gasteiger partial charge in [-0.05, 0) is 55.3 Å². The molecule has 4 nitrogen and oxygen atoms in total. The highest BCUT2D eigenvalue weighted by atomic mass is 16.5. The molecular formula is C19H21NO3. The lowest BCUT2D eigenvalue weighted by Gasteiger charge is -2.09. The Bertz CT molecular complexity index is 619. The van der Waals surface area contributed by atoms with E-state index in [0.29, 0.717) is 24.7 Å². The molecule has 0 aliphatic carbocycles. The molecule has 0 aromatic heterocycles. The molecule has 3 rings (SSSR count). The van der Waals surface area contributed by atoms with Gasteiger partial charge in [0.25, 0.3) is 0 Å². The predicted octanol–water partition coefficient (Wildman–Crippen LogP) is 3.17. The van der Waals surface area contributed by atoms with Crippen molar-refractivity contribution in [2.75, 3.05) is 13.1 Å². The molecule has 2 aromatic rings. The third kappa shape index (κ3) is 4.83.